The first-order valence-corrected chi connectivity index (χ1v) is 9.31. The Morgan fingerprint density at radius 3 is 2.17 bits per heavy atom. The number of aryl methyl sites for hydroxylation is 1. The fraction of sp³-hybridized carbons (Fsp3) is 0.278. The lowest BCUT2D eigenvalue weighted by atomic mass is 10.1. The van der Waals surface area contributed by atoms with Gasteiger partial charge in [0.15, 0.2) is 9.84 Å². The number of hydrogen-bond donors (Lipinski definition) is 1. The van der Waals surface area contributed by atoms with Crippen LogP contribution in [0.5, 0.6) is 0 Å². The van der Waals surface area contributed by atoms with Crippen molar-refractivity contribution in [2.45, 2.75) is 24.2 Å². The maximum absolute atomic E-state index is 12.1. The Hall–Kier alpha value is -2.14. The van der Waals surface area contributed by atoms with Crippen LogP contribution in [0.25, 0.3) is 0 Å². The summed E-state index contributed by atoms with van der Waals surface area (Å²) in [7, 11) is -3.39. The standard InChI is InChI=1S/C18H21NO3S/c20-18(19-14-7-10-16-8-3-1-4-9-16)13-15-23(21,22)17-11-5-2-6-12-17/h1-6,8-9,11-12H,7,10,13-15H2,(H,19,20). The van der Waals surface area contributed by atoms with E-state index in [1.165, 1.54) is 5.56 Å². The molecule has 0 atom stereocenters. The summed E-state index contributed by atoms with van der Waals surface area (Å²) in [6.45, 7) is 0.555. The van der Waals surface area contributed by atoms with Crippen molar-refractivity contribution in [2.24, 2.45) is 0 Å². The van der Waals surface area contributed by atoms with Gasteiger partial charge in [-0.25, -0.2) is 8.42 Å². The van der Waals surface area contributed by atoms with Gasteiger partial charge in [-0.2, -0.15) is 0 Å². The van der Waals surface area contributed by atoms with Gasteiger partial charge >= 0.3 is 0 Å². The Balaban J connectivity index is 1.69. The van der Waals surface area contributed by atoms with Gasteiger partial charge in [0.2, 0.25) is 5.91 Å². The number of carbonyl (C=O) groups is 1. The molecule has 0 fully saturated rings. The Morgan fingerprint density at radius 1 is 0.913 bits per heavy atom. The number of benzene rings is 2. The van der Waals surface area contributed by atoms with E-state index in [9.17, 15) is 13.2 Å². The van der Waals surface area contributed by atoms with E-state index >= 15 is 0 Å². The summed E-state index contributed by atoms with van der Waals surface area (Å²) in [5.41, 5.74) is 1.23. The minimum atomic E-state index is -3.39. The molecule has 0 saturated carbocycles. The third-order valence-corrected chi connectivity index (χ3v) is 5.24. The summed E-state index contributed by atoms with van der Waals surface area (Å²) >= 11 is 0. The number of carbonyl (C=O) groups excluding carboxylic acids is 1. The average molecular weight is 331 g/mol. The van der Waals surface area contributed by atoms with Crippen molar-refractivity contribution in [1.82, 2.24) is 5.32 Å². The number of hydrogen-bond acceptors (Lipinski definition) is 3. The van der Waals surface area contributed by atoms with E-state index in [0.717, 1.165) is 12.8 Å². The lowest BCUT2D eigenvalue weighted by molar-refractivity contribution is -0.120. The average Bonchev–Trinajstić information content (AvgIpc) is 2.59. The van der Waals surface area contributed by atoms with E-state index in [2.05, 4.69) is 5.32 Å². The van der Waals surface area contributed by atoms with Gasteiger partial charge in [-0.05, 0) is 30.5 Å². The molecule has 0 radical (unpaired) electrons. The Labute approximate surface area is 137 Å². The molecular formula is C18H21NO3S. The molecule has 0 bridgehead atoms. The fourth-order valence-electron chi connectivity index (χ4n) is 2.23. The van der Waals surface area contributed by atoms with Gasteiger partial charge in [0.1, 0.15) is 0 Å². The first kappa shape index (κ1) is 17.2. The van der Waals surface area contributed by atoms with Gasteiger partial charge in [-0.15, -0.1) is 0 Å². The molecule has 0 aliphatic heterocycles. The first-order chi connectivity index (χ1) is 11.1. The quantitative estimate of drug-likeness (QED) is 0.756. The molecular weight excluding hydrogens is 310 g/mol. The van der Waals surface area contributed by atoms with Crippen molar-refractivity contribution >= 4 is 15.7 Å². The highest BCUT2D eigenvalue weighted by Gasteiger charge is 2.15. The molecule has 2 aromatic carbocycles. The van der Waals surface area contributed by atoms with Gasteiger partial charge in [0, 0.05) is 13.0 Å². The van der Waals surface area contributed by atoms with Crippen molar-refractivity contribution in [3.8, 4) is 0 Å². The van der Waals surface area contributed by atoms with E-state index in [0.29, 0.717) is 6.54 Å². The minimum Gasteiger partial charge on any atom is -0.356 e. The van der Waals surface area contributed by atoms with E-state index in [1.54, 1.807) is 30.3 Å². The van der Waals surface area contributed by atoms with Crippen molar-refractivity contribution in [3.05, 3.63) is 66.2 Å². The zero-order valence-electron chi connectivity index (χ0n) is 12.9. The largest absolute Gasteiger partial charge is 0.356 e. The maximum Gasteiger partial charge on any atom is 0.221 e. The van der Waals surface area contributed by atoms with Crippen LogP contribution >= 0.6 is 0 Å². The summed E-state index contributed by atoms with van der Waals surface area (Å²) in [5.74, 6) is -0.390. The zero-order chi connectivity index (χ0) is 16.5. The monoisotopic (exact) mass is 331 g/mol. The van der Waals surface area contributed by atoms with Crippen LogP contribution in [0.4, 0.5) is 0 Å². The summed E-state index contributed by atoms with van der Waals surface area (Å²) in [5, 5.41) is 2.77. The van der Waals surface area contributed by atoms with Gasteiger partial charge in [0.05, 0.1) is 10.6 Å². The molecule has 23 heavy (non-hydrogen) atoms. The van der Waals surface area contributed by atoms with Crippen molar-refractivity contribution in [1.29, 1.82) is 0 Å². The van der Waals surface area contributed by atoms with Crippen molar-refractivity contribution in [2.75, 3.05) is 12.3 Å². The summed E-state index contributed by atoms with van der Waals surface area (Å²) < 4.78 is 24.1. The minimum absolute atomic E-state index is 0.0113. The second-order valence-electron chi connectivity index (χ2n) is 5.32. The van der Waals surface area contributed by atoms with Crippen LogP contribution < -0.4 is 5.32 Å². The van der Waals surface area contributed by atoms with Crippen LogP contribution in [0.1, 0.15) is 18.4 Å². The topological polar surface area (TPSA) is 63.2 Å². The summed E-state index contributed by atoms with van der Waals surface area (Å²) in [6.07, 6.45) is 1.72. The highest BCUT2D eigenvalue weighted by molar-refractivity contribution is 7.91. The Kier molecular flexibility index (Phi) is 6.35. The third-order valence-electron chi connectivity index (χ3n) is 3.51. The van der Waals surface area contributed by atoms with Gasteiger partial charge in [-0.3, -0.25) is 4.79 Å². The molecule has 4 nitrogen and oxygen atoms in total. The fourth-order valence-corrected chi connectivity index (χ4v) is 3.49. The molecule has 0 spiro atoms. The SMILES string of the molecule is O=C(CCS(=O)(=O)c1ccccc1)NCCCc1ccccc1. The van der Waals surface area contributed by atoms with Gasteiger partial charge < -0.3 is 5.32 Å². The van der Waals surface area contributed by atoms with Gasteiger partial charge in [-0.1, -0.05) is 48.5 Å². The molecule has 5 heteroatoms. The number of rotatable bonds is 8. The van der Waals surface area contributed by atoms with E-state index in [4.69, 9.17) is 0 Å². The molecule has 0 aliphatic rings. The Morgan fingerprint density at radius 2 is 1.52 bits per heavy atom. The van der Waals surface area contributed by atoms with Crippen molar-refractivity contribution < 1.29 is 13.2 Å². The smallest absolute Gasteiger partial charge is 0.221 e. The molecule has 0 heterocycles. The molecule has 1 amide bonds. The van der Waals surface area contributed by atoms with E-state index < -0.39 is 9.84 Å². The summed E-state index contributed by atoms with van der Waals surface area (Å²) in [4.78, 5) is 12.0. The molecule has 122 valence electrons. The molecule has 0 saturated heterocycles. The molecule has 2 rings (SSSR count). The maximum atomic E-state index is 12.1. The van der Waals surface area contributed by atoms with E-state index in [1.807, 2.05) is 30.3 Å². The lowest BCUT2D eigenvalue weighted by Gasteiger charge is -2.06. The third kappa shape index (κ3) is 5.87. The van der Waals surface area contributed by atoms with Crippen LogP contribution in [0.2, 0.25) is 0 Å². The second kappa shape index (κ2) is 8.48. The second-order valence-corrected chi connectivity index (χ2v) is 7.43. The molecule has 0 aromatic heterocycles. The van der Waals surface area contributed by atoms with E-state index in [-0.39, 0.29) is 23.0 Å². The lowest BCUT2D eigenvalue weighted by Crippen LogP contribution is -2.26. The molecule has 0 aliphatic carbocycles. The number of amides is 1. The van der Waals surface area contributed by atoms with Crippen LogP contribution in [0.3, 0.4) is 0 Å². The predicted octanol–water partition coefficient (Wildman–Crippen LogP) is 2.60. The number of nitrogens with one attached hydrogen (secondary N) is 1. The predicted molar refractivity (Wildman–Crippen MR) is 90.9 cm³/mol. The normalized spacial score (nSPS) is 11.1. The highest BCUT2D eigenvalue weighted by Crippen LogP contribution is 2.11. The van der Waals surface area contributed by atoms with Crippen LogP contribution in [0.15, 0.2) is 65.6 Å². The van der Waals surface area contributed by atoms with Crippen LogP contribution in [-0.2, 0) is 21.1 Å². The van der Waals surface area contributed by atoms with Gasteiger partial charge in [0.25, 0.3) is 0 Å². The van der Waals surface area contributed by atoms with Crippen LogP contribution in [-0.4, -0.2) is 26.6 Å². The Bertz CT molecular complexity index is 712. The molecule has 0 unspecified atom stereocenters. The first-order valence-electron chi connectivity index (χ1n) is 7.66. The molecule has 1 N–H and O–H groups in total. The van der Waals surface area contributed by atoms with Crippen molar-refractivity contribution in [3.63, 3.8) is 0 Å². The number of sulfone groups is 1. The molecule has 2 aromatic rings. The summed E-state index contributed by atoms with van der Waals surface area (Å²) in [6, 6.07) is 18.3. The van der Waals surface area contributed by atoms with Crippen LogP contribution in [0, 0.1) is 0 Å². The highest BCUT2D eigenvalue weighted by atomic mass is 32.2. The zero-order valence-corrected chi connectivity index (χ0v) is 13.8.